The minimum Gasteiger partial charge on any atom is -0.346 e. The van der Waals surface area contributed by atoms with E-state index in [-0.39, 0.29) is 0 Å². The lowest BCUT2D eigenvalue weighted by molar-refractivity contribution is 0.872. The van der Waals surface area contributed by atoms with Crippen LogP contribution in [0.2, 0.25) is 0 Å². The van der Waals surface area contributed by atoms with Gasteiger partial charge >= 0.3 is 0 Å². The predicted octanol–water partition coefficient (Wildman–Crippen LogP) is 1.98. The van der Waals surface area contributed by atoms with Gasteiger partial charge in [0.2, 0.25) is 0 Å². The highest BCUT2D eigenvalue weighted by atomic mass is 15.0. The Hall–Kier alpha value is -1.38. The van der Waals surface area contributed by atoms with Crippen LogP contribution in [-0.4, -0.2) is 9.97 Å². The summed E-state index contributed by atoms with van der Waals surface area (Å²) in [6, 6.07) is 0. The Kier molecular flexibility index (Phi) is 3.26. The number of nitrogens with one attached hydrogen (secondary N) is 1. The standard InChI is InChI=1S/C9H13N3/c1-3-5-8-6-12-9(7-11-8)10-4-2/h4,6-7H,2-3,5H2,1H3,(H,10,12). The van der Waals surface area contributed by atoms with Crippen molar-refractivity contribution in [2.24, 2.45) is 0 Å². The van der Waals surface area contributed by atoms with Gasteiger partial charge in [-0.15, -0.1) is 0 Å². The number of rotatable bonds is 4. The van der Waals surface area contributed by atoms with Crippen molar-refractivity contribution in [1.29, 1.82) is 0 Å². The number of aromatic nitrogens is 2. The third-order valence-electron chi connectivity index (χ3n) is 1.46. The van der Waals surface area contributed by atoms with E-state index in [1.165, 1.54) is 0 Å². The van der Waals surface area contributed by atoms with E-state index >= 15 is 0 Å². The molecule has 0 aromatic carbocycles. The Morgan fingerprint density at radius 1 is 1.50 bits per heavy atom. The Morgan fingerprint density at radius 3 is 2.83 bits per heavy atom. The summed E-state index contributed by atoms with van der Waals surface area (Å²) in [4.78, 5) is 8.36. The number of anilines is 1. The van der Waals surface area contributed by atoms with Crippen molar-refractivity contribution in [3.63, 3.8) is 0 Å². The molecule has 1 aromatic rings. The number of aryl methyl sites for hydroxylation is 1. The van der Waals surface area contributed by atoms with E-state index in [0.717, 1.165) is 24.4 Å². The van der Waals surface area contributed by atoms with E-state index in [2.05, 4.69) is 28.8 Å². The van der Waals surface area contributed by atoms with Gasteiger partial charge in [0.1, 0.15) is 5.82 Å². The molecule has 0 aliphatic heterocycles. The van der Waals surface area contributed by atoms with Crippen LogP contribution in [-0.2, 0) is 6.42 Å². The molecule has 0 radical (unpaired) electrons. The van der Waals surface area contributed by atoms with Crippen molar-refractivity contribution >= 4 is 5.82 Å². The van der Waals surface area contributed by atoms with Gasteiger partial charge in [-0.25, -0.2) is 4.98 Å². The van der Waals surface area contributed by atoms with Crippen LogP contribution in [0, 0.1) is 0 Å². The lowest BCUT2D eigenvalue weighted by Gasteiger charge is -1.99. The Balaban J connectivity index is 2.64. The zero-order valence-electron chi connectivity index (χ0n) is 7.25. The number of hydrogen-bond acceptors (Lipinski definition) is 3. The highest BCUT2D eigenvalue weighted by Gasteiger charge is 1.93. The van der Waals surface area contributed by atoms with E-state index in [0.29, 0.717) is 0 Å². The fourth-order valence-corrected chi connectivity index (χ4v) is 0.919. The maximum absolute atomic E-state index is 4.21. The van der Waals surface area contributed by atoms with Gasteiger partial charge in [-0.1, -0.05) is 19.9 Å². The van der Waals surface area contributed by atoms with Crippen molar-refractivity contribution < 1.29 is 0 Å². The molecule has 0 bridgehead atoms. The average Bonchev–Trinajstić information content (AvgIpc) is 2.09. The van der Waals surface area contributed by atoms with Crippen LogP contribution in [0.4, 0.5) is 5.82 Å². The van der Waals surface area contributed by atoms with Crippen LogP contribution >= 0.6 is 0 Å². The maximum Gasteiger partial charge on any atom is 0.148 e. The van der Waals surface area contributed by atoms with E-state index < -0.39 is 0 Å². The molecule has 1 rings (SSSR count). The molecule has 1 aromatic heterocycles. The molecular formula is C9H13N3. The highest BCUT2D eigenvalue weighted by Crippen LogP contribution is 2.02. The first-order chi connectivity index (χ1) is 5.86. The average molecular weight is 163 g/mol. The molecule has 0 aliphatic rings. The normalized spacial score (nSPS) is 9.42. The van der Waals surface area contributed by atoms with E-state index in [1.807, 2.05) is 0 Å². The van der Waals surface area contributed by atoms with Crippen LogP contribution in [0.3, 0.4) is 0 Å². The zero-order chi connectivity index (χ0) is 8.81. The molecule has 3 nitrogen and oxygen atoms in total. The molecule has 0 unspecified atom stereocenters. The first-order valence-electron chi connectivity index (χ1n) is 4.05. The van der Waals surface area contributed by atoms with E-state index in [4.69, 9.17) is 0 Å². The van der Waals surface area contributed by atoms with Crippen molar-refractivity contribution in [3.05, 3.63) is 30.9 Å². The molecule has 1 N–H and O–H groups in total. The maximum atomic E-state index is 4.21. The van der Waals surface area contributed by atoms with Gasteiger partial charge in [0.25, 0.3) is 0 Å². The number of nitrogens with zero attached hydrogens (tertiary/aromatic N) is 2. The second kappa shape index (κ2) is 4.49. The molecule has 0 fully saturated rings. The summed E-state index contributed by atoms with van der Waals surface area (Å²) in [5.74, 6) is 0.741. The molecule has 0 spiro atoms. The van der Waals surface area contributed by atoms with Gasteiger partial charge in [0, 0.05) is 0 Å². The second-order valence-electron chi connectivity index (χ2n) is 2.49. The summed E-state index contributed by atoms with van der Waals surface area (Å²) in [6.07, 6.45) is 7.18. The minimum absolute atomic E-state index is 0.741. The van der Waals surface area contributed by atoms with Crippen molar-refractivity contribution in [3.8, 4) is 0 Å². The van der Waals surface area contributed by atoms with Gasteiger partial charge in [-0.3, -0.25) is 4.98 Å². The summed E-state index contributed by atoms with van der Waals surface area (Å²) in [5, 5.41) is 2.87. The Morgan fingerprint density at radius 2 is 2.33 bits per heavy atom. The first-order valence-corrected chi connectivity index (χ1v) is 4.05. The number of hydrogen-bond donors (Lipinski definition) is 1. The third-order valence-corrected chi connectivity index (χ3v) is 1.46. The highest BCUT2D eigenvalue weighted by molar-refractivity contribution is 5.33. The fraction of sp³-hybridized carbons (Fsp3) is 0.333. The quantitative estimate of drug-likeness (QED) is 0.737. The summed E-state index contributed by atoms with van der Waals surface area (Å²) >= 11 is 0. The lowest BCUT2D eigenvalue weighted by atomic mass is 10.3. The van der Waals surface area contributed by atoms with Gasteiger partial charge < -0.3 is 5.32 Å². The van der Waals surface area contributed by atoms with Crippen LogP contribution < -0.4 is 5.32 Å². The monoisotopic (exact) mass is 163 g/mol. The predicted molar refractivity (Wildman–Crippen MR) is 49.8 cm³/mol. The molecule has 64 valence electrons. The van der Waals surface area contributed by atoms with Crippen molar-refractivity contribution in [2.45, 2.75) is 19.8 Å². The van der Waals surface area contributed by atoms with Crippen LogP contribution in [0.5, 0.6) is 0 Å². The third kappa shape index (κ3) is 2.34. The molecule has 0 aliphatic carbocycles. The van der Waals surface area contributed by atoms with Crippen molar-refractivity contribution in [1.82, 2.24) is 9.97 Å². The molecule has 0 amide bonds. The van der Waals surface area contributed by atoms with Gasteiger partial charge in [-0.05, 0) is 12.6 Å². The minimum atomic E-state index is 0.741. The summed E-state index contributed by atoms with van der Waals surface area (Å²) < 4.78 is 0. The topological polar surface area (TPSA) is 37.8 Å². The summed E-state index contributed by atoms with van der Waals surface area (Å²) in [5.41, 5.74) is 1.03. The van der Waals surface area contributed by atoms with Crippen LogP contribution in [0.25, 0.3) is 0 Å². The molecule has 0 saturated heterocycles. The fourth-order valence-electron chi connectivity index (χ4n) is 0.919. The Bertz CT molecular complexity index is 240. The molecular weight excluding hydrogens is 150 g/mol. The van der Waals surface area contributed by atoms with Gasteiger partial charge in [-0.2, -0.15) is 0 Å². The molecule has 1 heterocycles. The van der Waals surface area contributed by atoms with E-state index in [1.54, 1.807) is 18.6 Å². The molecule has 0 atom stereocenters. The zero-order valence-corrected chi connectivity index (χ0v) is 7.25. The molecule has 3 heteroatoms. The van der Waals surface area contributed by atoms with Gasteiger partial charge in [0.05, 0.1) is 18.1 Å². The first kappa shape index (κ1) is 8.71. The van der Waals surface area contributed by atoms with Crippen molar-refractivity contribution in [2.75, 3.05) is 5.32 Å². The lowest BCUT2D eigenvalue weighted by Crippen LogP contribution is -1.95. The summed E-state index contributed by atoms with van der Waals surface area (Å²) in [7, 11) is 0. The largest absolute Gasteiger partial charge is 0.346 e. The van der Waals surface area contributed by atoms with E-state index in [9.17, 15) is 0 Å². The Labute approximate surface area is 72.6 Å². The molecule has 0 saturated carbocycles. The smallest absolute Gasteiger partial charge is 0.148 e. The van der Waals surface area contributed by atoms with Gasteiger partial charge in [0.15, 0.2) is 0 Å². The van der Waals surface area contributed by atoms with Crippen LogP contribution in [0.15, 0.2) is 25.2 Å². The summed E-state index contributed by atoms with van der Waals surface area (Å²) in [6.45, 7) is 5.66. The SMILES string of the molecule is C=CNc1cnc(CCC)cn1. The molecule has 12 heavy (non-hydrogen) atoms. The van der Waals surface area contributed by atoms with Crippen LogP contribution in [0.1, 0.15) is 19.0 Å². The second-order valence-corrected chi connectivity index (χ2v) is 2.49.